The molecule has 4 nitrogen and oxygen atoms in total. The first-order valence-corrected chi connectivity index (χ1v) is 7.01. The maximum Gasteiger partial charge on any atom is 0.329 e. The first-order chi connectivity index (χ1) is 9.74. The molecule has 108 valence electrons. The van der Waals surface area contributed by atoms with Gasteiger partial charge in [0.05, 0.1) is 6.10 Å². The molecule has 1 aliphatic rings. The molecule has 0 radical (unpaired) electrons. The standard InChI is InChI=1S/C16H21NO3/c18-16(19)13-20-15-8-11-17(12-9-15)10-4-7-14-5-2-1-3-6-14/h1-7,15H,8-13H2,(H,18,19). The van der Waals surface area contributed by atoms with E-state index < -0.39 is 5.97 Å². The van der Waals surface area contributed by atoms with Gasteiger partial charge in [-0.25, -0.2) is 4.79 Å². The van der Waals surface area contributed by atoms with Gasteiger partial charge in [-0.1, -0.05) is 42.5 Å². The van der Waals surface area contributed by atoms with E-state index >= 15 is 0 Å². The Morgan fingerprint density at radius 1 is 1.30 bits per heavy atom. The molecule has 1 heterocycles. The number of hydrogen-bond acceptors (Lipinski definition) is 3. The molecule has 0 saturated carbocycles. The number of nitrogens with zero attached hydrogens (tertiary/aromatic N) is 1. The largest absolute Gasteiger partial charge is 0.480 e. The Bertz CT molecular complexity index is 436. The maximum absolute atomic E-state index is 10.4. The SMILES string of the molecule is O=C(O)COC1CCN(CC=Cc2ccccc2)CC1. The van der Waals surface area contributed by atoms with Crippen molar-refractivity contribution in [2.24, 2.45) is 0 Å². The molecule has 1 saturated heterocycles. The monoisotopic (exact) mass is 275 g/mol. The Morgan fingerprint density at radius 2 is 2.00 bits per heavy atom. The number of aliphatic carboxylic acids is 1. The Labute approximate surface area is 119 Å². The molecule has 0 unspecified atom stereocenters. The molecule has 0 aliphatic carbocycles. The summed E-state index contributed by atoms with van der Waals surface area (Å²) in [4.78, 5) is 12.8. The highest BCUT2D eigenvalue weighted by atomic mass is 16.5. The van der Waals surface area contributed by atoms with Crippen LogP contribution in [-0.2, 0) is 9.53 Å². The quantitative estimate of drug-likeness (QED) is 0.865. The van der Waals surface area contributed by atoms with Gasteiger partial charge in [0.2, 0.25) is 0 Å². The topological polar surface area (TPSA) is 49.8 Å². The molecule has 0 spiro atoms. The van der Waals surface area contributed by atoms with Crippen molar-refractivity contribution in [3.8, 4) is 0 Å². The molecule has 1 fully saturated rings. The summed E-state index contributed by atoms with van der Waals surface area (Å²) < 4.78 is 5.32. The Hall–Kier alpha value is -1.65. The van der Waals surface area contributed by atoms with Crippen LogP contribution in [0.3, 0.4) is 0 Å². The van der Waals surface area contributed by atoms with Crippen LogP contribution in [0.4, 0.5) is 0 Å². The fourth-order valence-corrected chi connectivity index (χ4v) is 2.35. The third-order valence-electron chi connectivity index (χ3n) is 3.45. The minimum Gasteiger partial charge on any atom is -0.480 e. The third kappa shape index (κ3) is 5.15. The Kier molecular flexibility index (Phi) is 5.77. The molecule has 1 aliphatic heterocycles. The highest BCUT2D eigenvalue weighted by Crippen LogP contribution is 2.13. The maximum atomic E-state index is 10.4. The fraction of sp³-hybridized carbons (Fsp3) is 0.438. The zero-order chi connectivity index (χ0) is 14.2. The van der Waals surface area contributed by atoms with Crippen LogP contribution in [0.5, 0.6) is 0 Å². The predicted molar refractivity (Wildman–Crippen MR) is 78.5 cm³/mol. The summed E-state index contributed by atoms with van der Waals surface area (Å²) in [7, 11) is 0. The third-order valence-corrected chi connectivity index (χ3v) is 3.45. The number of likely N-dealkylation sites (tertiary alicyclic amines) is 1. The van der Waals surface area contributed by atoms with Gasteiger partial charge in [-0.2, -0.15) is 0 Å². The Balaban J connectivity index is 1.67. The van der Waals surface area contributed by atoms with E-state index in [2.05, 4.69) is 29.2 Å². The molecular weight excluding hydrogens is 254 g/mol. The number of carbonyl (C=O) groups is 1. The molecule has 1 aromatic rings. The summed E-state index contributed by atoms with van der Waals surface area (Å²) in [5.74, 6) is -0.891. The average molecular weight is 275 g/mol. The molecular formula is C16H21NO3. The van der Waals surface area contributed by atoms with E-state index in [1.165, 1.54) is 5.56 Å². The van der Waals surface area contributed by atoms with Crippen molar-refractivity contribution in [3.05, 3.63) is 42.0 Å². The smallest absolute Gasteiger partial charge is 0.329 e. The minimum absolute atomic E-state index is 0.0976. The van der Waals surface area contributed by atoms with Crippen LogP contribution >= 0.6 is 0 Å². The van der Waals surface area contributed by atoms with Crippen LogP contribution in [0.1, 0.15) is 18.4 Å². The normalized spacial score (nSPS) is 17.6. The van der Waals surface area contributed by atoms with E-state index in [4.69, 9.17) is 9.84 Å². The second-order valence-corrected chi connectivity index (χ2v) is 5.02. The van der Waals surface area contributed by atoms with E-state index in [0.29, 0.717) is 0 Å². The molecule has 20 heavy (non-hydrogen) atoms. The predicted octanol–water partition coefficient (Wildman–Crippen LogP) is 2.27. The van der Waals surface area contributed by atoms with Gasteiger partial charge in [0.1, 0.15) is 6.61 Å². The number of benzene rings is 1. The van der Waals surface area contributed by atoms with Crippen LogP contribution in [0.2, 0.25) is 0 Å². The van der Waals surface area contributed by atoms with E-state index in [1.807, 2.05) is 18.2 Å². The molecule has 1 aromatic carbocycles. The number of carboxylic acid groups (broad SMARTS) is 1. The van der Waals surface area contributed by atoms with Crippen LogP contribution < -0.4 is 0 Å². The number of carboxylic acids is 1. The number of rotatable bonds is 6. The van der Waals surface area contributed by atoms with Crippen LogP contribution in [-0.4, -0.2) is 48.3 Å². The molecule has 0 bridgehead atoms. The fourth-order valence-electron chi connectivity index (χ4n) is 2.35. The molecule has 1 N–H and O–H groups in total. The molecule has 2 rings (SSSR count). The molecule has 0 aromatic heterocycles. The molecule has 0 amide bonds. The van der Waals surface area contributed by atoms with Gasteiger partial charge in [0, 0.05) is 19.6 Å². The lowest BCUT2D eigenvalue weighted by Crippen LogP contribution is -2.37. The first-order valence-electron chi connectivity index (χ1n) is 7.01. The summed E-state index contributed by atoms with van der Waals surface area (Å²) in [6.07, 6.45) is 6.22. The second-order valence-electron chi connectivity index (χ2n) is 5.02. The van der Waals surface area contributed by atoms with Gasteiger partial charge in [-0.05, 0) is 18.4 Å². The van der Waals surface area contributed by atoms with Crippen molar-refractivity contribution in [3.63, 3.8) is 0 Å². The van der Waals surface area contributed by atoms with Gasteiger partial charge < -0.3 is 9.84 Å². The van der Waals surface area contributed by atoms with Crippen molar-refractivity contribution >= 4 is 12.0 Å². The summed E-state index contributed by atoms with van der Waals surface area (Å²) in [5.41, 5.74) is 1.21. The van der Waals surface area contributed by atoms with Crippen molar-refractivity contribution in [1.29, 1.82) is 0 Å². The summed E-state index contributed by atoms with van der Waals surface area (Å²) in [6.45, 7) is 2.67. The van der Waals surface area contributed by atoms with Crippen molar-refractivity contribution in [2.75, 3.05) is 26.2 Å². The van der Waals surface area contributed by atoms with Gasteiger partial charge in [-0.15, -0.1) is 0 Å². The zero-order valence-electron chi connectivity index (χ0n) is 11.6. The van der Waals surface area contributed by atoms with E-state index in [9.17, 15) is 4.79 Å². The first kappa shape index (κ1) is 14.8. The van der Waals surface area contributed by atoms with E-state index in [1.54, 1.807) is 0 Å². The summed E-state index contributed by atoms with van der Waals surface area (Å²) in [6, 6.07) is 10.3. The second kappa shape index (κ2) is 7.82. The average Bonchev–Trinajstić information content (AvgIpc) is 2.47. The highest BCUT2D eigenvalue weighted by Gasteiger charge is 2.19. The highest BCUT2D eigenvalue weighted by molar-refractivity contribution is 5.68. The lowest BCUT2D eigenvalue weighted by Gasteiger charge is -2.30. The van der Waals surface area contributed by atoms with Gasteiger partial charge >= 0.3 is 5.97 Å². The summed E-state index contributed by atoms with van der Waals surface area (Å²) in [5, 5.41) is 8.58. The van der Waals surface area contributed by atoms with E-state index in [-0.39, 0.29) is 12.7 Å². The lowest BCUT2D eigenvalue weighted by atomic mass is 10.1. The lowest BCUT2D eigenvalue weighted by molar-refractivity contribution is -0.145. The van der Waals surface area contributed by atoms with Crippen LogP contribution in [0.25, 0.3) is 6.08 Å². The Morgan fingerprint density at radius 3 is 2.65 bits per heavy atom. The molecule has 4 heteroatoms. The number of hydrogen-bond donors (Lipinski definition) is 1. The number of piperidine rings is 1. The molecule has 0 atom stereocenters. The van der Waals surface area contributed by atoms with Crippen molar-refractivity contribution in [1.82, 2.24) is 4.90 Å². The van der Waals surface area contributed by atoms with E-state index in [0.717, 1.165) is 32.5 Å². The van der Waals surface area contributed by atoms with Crippen molar-refractivity contribution in [2.45, 2.75) is 18.9 Å². The van der Waals surface area contributed by atoms with Crippen LogP contribution in [0.15, 0.2) is 36.4 Å². The summed E-state index contributed by atoms with van der Waals surface area (Å²) >= 11 is 0. The zero-order valence-corrected chi connectivity index (χ0v) is 11.6. The van der Waals surface area contributed by atoms with Gasteiger partial charge in [0.15, 0.2) is 0 Å². The number of ether oxygens (including phenoxy) is 1. The van der Waals surface area contributed by atoms with Gasteiger partial charge in [-0.3, -0.25) is 4.90 Å². The van der Waals surface area contributed by atoms with Gasteiger partial charge in [0.25, 0.3) is 0 Å². The minimum atomic E-state index is -0.891. The van der Waals surface area contributed by atoms with Crippen molar-refractivity contribution < 1.29 is 14.6 Å². The van der Waals surface area contributed by atoms with Crippen LogP contribution in [0, 0.1) is 0 Å².